The second-order valence-corrected chi connectivity index (χ2v) is 6.42. The van der Waals surface area contributed by atoms with Crippen LogP contribution in [0.2, 0.25) is 0 Å². The van der Waals surface area contributed by atoms with Gasteiger partial charge in [0.15, 0.2) is 0 Å². The summed E-state index contributed by atoms with van der Waals surface area (Å²) in [7, 11) is 1.75. The Morgan fingerprint density at radius 2 is 1.67 bits per heavy atom. The Kier molecular flexibility index (Phi) is 8.83. The highest BCUT2D eigenvalue weighted by Gasteiger charge is 2.19. The van der Waals surface area contributed by atoms with Gasteiger partial charge in [-0.15, -0.1) is 0 Å². The molecule has 0 aromatic rings. The normalized spacial score (nSPS) is 14.5. The first kappa shape index (κ1) is 17.9. The molecule has 0 aliphatic carbocycles. The summed E-state index contributed by atoms with van der Waals surface area (Å²) < 4.78 is 11.4. The molecule has 0 saturated heterocycles. The molecule has 1 N–H and O–H groups in total. The van der Waals surface area contributed by atoms with Crippen LogP contribution in [0, 0.1) is 11.8 Å². The third kappa shape index (κ3) is 8.90. The largest absolute Gasteiger partial charge is 0.379 e. The molecule has 0 radical (unpaired) electrons. The van der Waals surface area contributed by atoms with Gasteiger partial charge in [-0.2, -0.15) is 0 Å². The minimum absolute atomic E-state index is 0.0904. The molecule has 0 aliphatic heterocycles. The van der Waals surface area contributed by atoms with Gasteiger partial charge < -0.3 is 14.8 Å². The van der Waals surface area contributed by atoms with Crippen molar-refractivity contribution >= 4 is 0 Å². The molecule has 0 amide bonds. The highest BCUT2D eigenvalue weighted by Crippen LogP contribution is 2.14. The fourth-order valence-electron chi connectivity index (χ4n) is 1.56. The van der Waals surface area contributed by atoms with Crippen LogP contribution in [-0.2, 0) is 9.47 Å². The average Bonchev–Trinajstić information content (AvgIpc) is 2.26. The fourth-order valence-corrected chi connectivity index (χ4v) is 1.56. The second kappa shape index (κ2) is 8.89. The Hall–Kier alpha value is -0.120. The topological polar surface area (TPSA) is 30.5 Å². The highest BCUT2D eigenvalue weighted by atomic mass is 16.5. The minimum Gasteiger partial charge on any atom is -0.379 e. The third-order valence-corrected chi connectivity index (χ3v) is 3.23. The molecule has 0 saturated carbocycles. The number of hydrogen-bond donors (Lipinski definition) is 1. The van der Waals surface area contributed by atoms with Crippen LogP contribution < -0.4 is 5.32 Å². The molecule has 0 aromatic heterocycles. The van der Waals surface area contributed by atoms with Gasteiger partial charge in [0.1, 0.15) is 0 Å². The van der Waals surface area contributed by atoms with Crippen molar-refractivity contribution < 1.29 is 9.47 Å². The lowest BCUT2D eigenvalue weighted by atomic mass is 10.0. The van der Waals surface area contributed by atoms with Crippen molar-refractivity contribution in [2.75, 3.05) is 26.8 Å². The van der Waals surface area contributed by atoms with Gasteiger partial charge in [-0.1, -0.05) is 27.7 Å². The summed E-state index contributed by atoms with van der Waals surface area (Å²) in [5.41, 5.74) is -0.0904. The zero-order chi connectivity index (χ0) is 14.2. The maximum Gasteiger partial charge on any atom is 0.0722 e. The number of ether oxygens (including phenoxy) is 2. The molecule has 0 heterocycles. The van der Waals surface area contributed by atoms with Crippen LogP contribution in [0.5, 0.6) is 0 Å². The summed E-state index contributed by atoms with van der Waals surface area (Å²) >= 11 is 0. The van der Waals surface area contributed by atoms with E-state index in [-0.39, 0.29) is 11.7 Å². The molecular weight excluding hydrogens is 226 g/mol. The van der Waals surface area contributed by atoms with Crippen LogP contribution in [0.1, 0.15) is 48.0 Å². The molecule has 0 spiro atoms. The standard InChI is InChI=1S/C15H33NO2/c1-12(2)10-16-11-14(13(3)4)18-9-8-15(5,6)17-7/h12-14,16H,8-11H2,1-7H3. The van der Waals surface area contributed by atoms with E-state index in [0.29, 0.717) is 11.8 Å². The van der Waals surface area contributed by atoms with Crippen molar-refractivity contribution in [3.63, 3.8) is 0 Å². The van der Waals surface area contributed by atoms with Crippen molar-refractivity contribution in [3.05, 3.63) is 0 Å². The smallest absolute Gasteiger partial charge is 0.0722 e. The number of rotatable bonds is 10. The first-order chi connectivity index (χ1) is 8.28. The molecule has 0 rings (SSSR count). The number of hydrogen-bond acceptors (Lipinski definition) is 3. The summed E-state index contributed by atoms with van der Waals surface area (Å²) in [5, 5.41) is 3.47. The zero-order valence-corrected chi connectivity index (χ0v) is 13.4. The summed E-state index contributed by atoms with van der Waals surface area (Å²) in [6.45, 7) is 15.8. The van der Waals surface area contributed by atoms with Gasteiger partial charge in [0, 0.05) is 20.3 Å². The average molecular weight is 259 g/mol. The van der Waals surface area contributed by atoms with Crippen molar-refractivity contribution in [2.45, 2.75) is 59.7 Å². The van der Waals surface area contributed by atoms with Gasteiger partial charge >= 0.3 is 0 Å². The molecule has 0 aromatic carbocycles. The van der Waals surface area contributed by atoms with Crippen molar-refractivity contribution in [2.24, 2.45) is 11.8 Å². The van der Waals surface area contributed by atoms with E-state index in [1.807, 2.05) is 0 Å². The Morgan fingerprint density at radius 3 is 2.11 bits per heavy atom. The Morgan fingerprint density at radius 1 is 1.06 bits per heavy atom. The SMILES string of the molecule is COC(C)(C)CCOC(CNCC(C)C)C(C)C. The van der Waals surface area contributed by atoms with Gasteiger partial charge in [-0.3, -0.25) is 0 Å². The van der Waals surface area contributed by atoms with Crippen LogP contribution in [-0.4, -0.2) is 38.5 Å². The Bertz CT molecular complexity index is 203. The second-order valence-electron chi connectivity index (χ2n) is 6.42. The quantitative estimate of drug-likeness (QED) is 0.654. The molecule has 0 fully saturated rings. The van der Waals surface area contributed by atoms with Crippen molar-refractivity contribution in [3.8, 4) is 0 Å². The molecular formula is C15H33NO2. The lowest BCUT2D eigenvalue weighted by Crippen LogP contribution is -2.36. The van der Waals surface area contributed by atoms with E-state index in [9.17, 15) is 0 Å². The van der Waals surface area contributed by atoms with Crippen molar-refractivity contribution in [1.29, 1.82) is 0 Å². The van der Waals surface area contributed by atoms with E-state index in [0.717, 1.165) is 26.1 Å². The molecule has 1 atom stereocenters. The van der Waals surface area contributed by atoms with E-state index in [1.54, 1.807) is 7.11 Å². The molecule has 0 aliphatic rings. The molecule has 110 valence electrons. The summed E-state index contributed by atoms with van der Waals surface area (Å²) in [5.74, 6) is 1.22. The third-order valence-electron chi connectivity index (χ3n) is 3.23. The van der Waals surface area contributed by atoms with Crippen LogP contribution in [0.4, 0.5) is 0 Å². The molecule has 3 nitrogen and oxygen atoms in total. The molecule has 3 heteroatoms. The van der Waals surface area contributed by atoms with Gasteiger partial charge in [0.2, 0.25) is 0 Å². The fraction of sp³-hybridized carbons (Fsp3) is 1.00. The van der Waals surface area contributed by atoms with E-state index < -0.39 is 0 Å². The number of methoxy groups -OCH3 is 1. The maximum absolute atomic E-state index is 5.98. The van der Waals surface area contributed by atoms with Crippen LogP contribution in [0.15, 0.2) is 0 Å². The lowest BCUT2D eigenvalue weighted by molar-refractivity contribution is -0.0364. The summed E-state index contributed by atoms with van der Waals surface area (Å²) in [6, 6.07) is 0. The molecule has 0 bridgehead atoms. The monoisotopic (exact) mass is 259 g/mol. The number of nitrogens with one attached hydrogen (secondary N) is 1. The van der Waals surface area contributed by atoms with Crippen LogP contribution >= 0.6 is 0 Å². The van der Waals surface area contributed by atoms with Crippen LogP contribution in [0.3, 0.4) is 0 Å². The highest BCUT2D eigenvalue weighted by molar-refractivity contribution is 4.70. The maximum atomic E-state index is 5.98. The first-order valence-electron chi connectivity index (χ1n) is 7.16. The van der Waals surface area contributed by atoms with Crippen LogP contribution in [0.25, 0.3) is 0 Å². The predicted molar refractivity (Wildman–Crippen MR) is 78.0 cm³/mol. The lowest BCUT2D eigenvalue weighted by Gasteiger charge is -2.26. The van der Waals surface area contributed by atoms with Gasteiger partial charge in [0.05, 0.1) is 11.7 Å². The Labute approximate surface area is 114 Å². The van der Waals surface area contributed by atoms with Crippen molar-refractivity contribution in [1.82, 2.24) is 5.32 Å². The van der Waals surface area contributed by atoms with Gasteiger partial charge in [-0.25, -0.2) is 0 Å². The van der Waals surface area contributed by atoms with E-state index in [2.05, 4.69) is 46.9 Å². The summed E-state index contributed by atoms with van der Waals surface area (Å²) in [6.07, 6.45) is 1.22. The van der Waals surface area contributed by atoms with E-state index in [4.69, 9.17) is 9.47 Å². The van der Waals surface area contributed by atoms with E-state index >= 15 is 0 Å². The van der Waals surface area contributed by atoms with E-state index in [1.165, 1.54) is 0 Å². The van der Waals surface area contributed by atoms with Gasteiger partial charge in [-0.05, 0) is 38.6 Å². The van der Waals surface area contributed by atoms with Gasteiger partial charge in [0.25, 0.3) is 0 Å². The Balaban J connectivity index is 3.90. The first-order valence-corrected chi connectivity index (χ1v) is 7.16. The molecule has 18 heavy (non-hydrogen) atoms. The minimum atomic E-state index is -0.0904. The molecule has 1 unspecified atom stereocenters. The zero-order valence-electron chi connectivity index (χ0n) is 13.4. The summed E-state index contributed by atoms with van der Waals surface area (Å²) in [4.78, 5) is 0. The predicted octanol–water partition coefficient (Wildman–Crippen LogP) is 3.09.